The molecule has 0 bridgehead atoms. The van der Waals surface area contributed by atoms with Crippen LogP contribution in [0, 0.1) is 0 Å². The molecule has 0 aliphatic carbocycles. The SMILES string of the molecule is Nc1ccc(C(=O)OCc2ccccc2)c(OCCOCCO)c1. The largest absolute Gasteiger partial charge is 0.490 e. The average Bonchev–Trinajstić information content (AvgIpc) is 2.60. The summed E-state index contributed by atoms with van der Waals surface area (Å²) in [6, 6.07) is 14.2. The number of aliphatic hydroxyl groups excluding tert-OH is 1. The van der Waals surface area contributed by atoms with E-state index in [2.05, 4.69) is 0 Å². The van der Waals surface area contributed by atoms with Crippen molar-refractivity contribution in [3.8, 4) is 5.75 Å². The summed E-state index contributed by atoms with van der Waals surface area (Å²) in [6.07, 6.45) is 0. The van der Waals surface area contributed by atoms with Gasteiger partial charge in [0.1, 0.15) is 24.5 Å². The highest BCUT2D eigenvalue weighted by Gasteiger charge is 2.15. The minimum atomic E-state index is -0.481. The van der Waals surface area contributed by atoms with Gasteiger partial charge in [-0.3, -0.25) is 0 Å². The first-order valence-corrected chi connectivity index (χ1v) is 7.62. The predicted octanol–water partition coefficient (Wildman–Crippen LogP) is 2.01. The van der Waals surface area contributed by atoms with E-state index in [1.54, 1.807) is 18.2 Å². The number of nitrogen functional groups attached to an aromatic ring is 1. The lowest BCUT2D eigenvalue weighted by Gasteiger charge is -2.12. The van der Waals surface area contributed by atoms with Crippen molar-refractivity contribution in [3.63, 3.8) is 0 Å². The zero-order chi connectivity index (χ0) is 17.2. The first kappa shape index (κ1) is 17.8. The van der Waals surface area contributed by atoms with Crippen molar-refractivity contribution < 1.29 is 24.1 Å². The predicted molar refractivity (Wildman–Crippen MR) is 89.8 cm³/mol. The Hall–Kier alpha value is -2.57. The summed E-state index contributed by atoms with van der Waals surface area (Å²) in [7, 11) is 0. The van der Waals surface area contributed by atoms with Crippen LogP contribution in [0.15, 0.2) is 48.5 Å². The van der Waals surface area contributed by atoms with Gasteiger partial charge in [-0.2, -0.15) is 0 Å². The number of hydrogen-bond acceptors (Lipinski definition) is 6. The molecule has 0 unspecified atom stereocenters. The Morgan fingerprint density at radius 1 is 1.04 bits per heavy atom. The van der Waals surface area contributed by atoms with Gasteiger partial charge in [0.2, 0.25) is 0 Å². The Morgan fingerprint density at radius 3 is 2.58 bits per heavy atom. The highest BCUT2D eigenvalue weighted by molar-refractivity contribution is 5.93. The van der Waals surface area contributed by atoms with Crippen molar-refractivity contribution >= 4 is 11.7 Å². The number of aliphatic hydroxyl groups is 1. The molecule has 0 heterocycles. The van der Waals surface area contributed by atoms with Gasteiger partial charge in [-0.05, 0) is 17.7 Å². The molecule has 128 valence electrons. The molecule has 2 aromatic rings. The van der Waals surface area contributed by atoms with Gasteiger partial charge in [0, 0.05) is 11.8 Å². The molecule has 0 spiro atoms. The molecule has 0 aromatic heterocycles. The van der Waals surface area contributed by atoms with Gasteiger partial charge >= 0.3 is 5.97 Å². The summed E-state index contributed by atoms with van der Waals surface area (Å²) in [5.41, 5.74) is 7.45. The second-order valence-electron chi connectivity index (χ2n) is 5.00. The average molecular weight is 331 g/mol. The molecule has 0 fully saturated rings. The smallest absolute Gasteiger partial charge is 0.342 e. The molecule has 0 radical (unpaired) electrons. The van der Waals surface area contributed by atoms with Gasteiger partial charge in [-0.15, -0.1) is 0 Å². The minimum Gasteiger partial charge on any atom is -0.490 e. The lowest BCUT2D eigenvalue weighted by Crippen LogP contribution is -2.12. The number of ether oxygens (including phenoxy) is 3. The van der Waals surface area contributed by atoms with Crippen molar-refractivity contribution in [3.05, 3.63) is 59.7 Å². The van der Waals surface area contributed by atoms with E-state index in [9.17, 15) is 4.79 Å². The Kier molecular flexibility index (Phi) is 7.07. The number of nitrogens with two attached hydrogens (primary N) is 1. The van der Waals surface area contributed by atoms with Crippen LogP contribution in [0.3, 0.4) is 0 Å². The molecular weight excluding hydrogens is 310 g/mol. The molecule has 0 saturated heterocycles. The molecule has 0 amide bonds. The number of anilines is 1. The van der Waals surface area contributed by atoms with Crippen LogP contribution < -0.4 is 10.5 Å². The van der Waals surface area contributed by atoms with Crippen LogP contribution in [0.25, 0.3) is 0 Å². The molecule has 2 rings (SSSR count). The number of esters is 1. The molecule has 2 aromatic carbocycles. The van der Waals surface area contributed by atoms with E-state index in [0.717, 1.165) is 5.56 Å². The molecule has 24 heavy (non-hydrogen) atoms. The monoisotopic (exact) mass is 331 g/mol. The Morgan fingerprint density at radius 2 is 1.83 bits per heavy atom. The van der Waals surface area contributed by atoms with Gasteiger partial charge in [-0.25, -0.2) is 4.79 Å². The fourth-order valence-corrected chi connectivity index (χ4v) is 2.01. The third-order valence-electron chi connectivity index (χ3n) is 3.16. The molecule has 6 nitrogen and oxygen atoms in total. The van der Waals surface area contributed by atoms with E-state index in [1.165, 1.54) is 0 Å². The third kappa shape index (κ3) is 5.57. The van der Waals surface area contributed by atoms with Crippen molar-refractivity contribution in [2.75, 3.05) is 32.2 Å². The van der Waals surface area contributed by atoms with Gasteiger partial charge < -0.3 is 25.1 Å². The minimum absolute atomic E-state index is 0.0463. The normalized spacial score (nSPS) is 10.4. The number of carbonyl (C=O) groups excluding carboxylic acids is 1. The summed E-state index contributed by atoms with van der Waals surface area (Å²) in [4.78, 5) is 12.3. The Labute approximate surface area is 140 Å². The summed E-state index contributed by atoms with van der Waals surface area (Å²) in [6.45, 7) is 0.918. The molecule has 6 heteroatoms. The van der Waals surface area contributed by atoms with Crippen molar-refractivity contribution in [2.24, 2.45) is 0 Å². The van der Waals surface area contributed by atoms with Crippen LogP contribution in [-0.4, -0.2) is 37.5 Å². The molecule has 0 atom stereocenters. The first-order chi connectivity index (χ1) is 11.7. The second-order valence-corrected chi connectivity index (χ2v) is 5.00. The number of carbonyl (C=O) groups is 1. The maximum absolute atomic E-state index is 12.3. The van der Waals surface area contributed by atoms with Crippen LogP contribution in [0.5, 0.6) is 5.75 Å². The number of hydrogen-bond donors (Lipinski definition) is 2. The van der Waals surface area contributed by atoms with Crippen LogP contribution >= 0.6 is 0 Å². The third-order valence-corrected chi connectivity index (χ3v) is 3.16. The van der Waals surface area contributed by atoms with Crippen molar-refractivity contribution in [2.45, 2.75) is 6.61 Å². The van der Waals surface area contributed by atoms with E-state index in [0.29, 0.717) is 23.6 Å². The van der Waals surface area contributed by atoms with Gasteiger partial charge in [-0.1, -0.05) is 30.3 Å². The van der Waals surface area contributed by atoms with Crippen LogP contribution in [0.4, 0.5) is 5.69 Å². The van der Waals surface area contributed by atoms with Crippen LogP contribution in [-0.2, 0) is 16.1 Å². The molecule has 0 aliphatic rings. The van der Waals surface area contributed by atoms with E-state index in [-0.39, 0.29) is 26.4 Å². The Balaban J connectivity index is 1.96. The quantitative estimate of drug-likeness (QED) is 0.415. The topological polar surface area (TPSA) is 91.0 Å². The van der Waals surface area contributed by atoms with E-state index >= 15 is 0 Å². The fourth-order valence-electron chi connectivity index (χ4n) is 2.01. The van der Waals surface area contributed by atoms with Gasteiger partial charge in [0.15, 0.2) is 0 Å². The lowest BCUT2D eigenvalue weighted by molar-refractivity contribution is 0.0461. The standard InChI is InChI=1S/C18H21NO5/c19-15-6-7-16(17(12-15)23-11-10-22-9-8-20)18(21)24-13-14-4-2-1-3-5-14/h1-7,12,20H,8-11,13,19H2. The fraction of sp³-hybridized carbons (Fsp3) is 0.278. The Bertz CT molecular complexity index is 645. The molecular formula is C18H21NO5. The second kappa shape index (κ2) is 9.54. The highest BCUT2D eigenvalue weighted by atomic mass is 16.5. The number of rotatable bonds is 9. The van der Waals surface area contributed by atoms with Crippen molar-refractivity contribution in [1.29, 1.82) is 0 Å². The summed E-state index contributed by atoms with van der Waals surface area (Å²) >= 11 is 0. The summed E-state index contributed by atoms with van der Waals surface area (Å²) in [5, 5.41) is 8.65. The first-order valence-electron chi connectivity index (χ1n) is 7.62. The molecule has 3 N–H and O–H groups in total. The van der Waals surface area contributed by atoms with Crippen LogP contribution in [0.1, 0.15) is 15.9 Å². The van der Waals surface area contributed by atoms with E-state index < -0.39 is 5.97 Å². The van der Waals surface area contributed by atoms with Crippen molar-refractivity contribution in [1.82, 2.24) is 0 Å². The number of benzene rings is 2. The zero-order valence-corrected chi connectivity index (χ0v) is 13.3. The van der Waals surface area contributed by atoms with Crippen LogP contribution in [0.2, 0.25) is 0 Å². The summed E-state index contributed by atoms with van der Waals surface area (Å²) < 4.78 is 16.0. The highest BCUT2D eigenvalue weighted by Crippen LogP contribution is 2.23. The molecule has 0 aliphatic heterocycles. The van der Waals surface area contributed by atoms with Gasteiger partial charge in [0.25, 0.3) is 0 Å². The maximum Gasteiger partial charge on any atom is 0.342 e. The lowest BCUT2D eigenvalue weighted by atomic mass is 10.2. The maximum atomic E-state index is 12.3. The summed E-state index contributed by atoms with van der Waals surface area (Å²) in [5.74, 6) is -0.134. The van der Waals surface area contributed by atoms with E-state index in [1.807, 2.05) is 30.3 Å². The molecule has 0 saturated carbocycles. The zero-order valence-electron chi connectivity index (χ0n) is 13.3. The van der Waals surface area contributed by atoms with Gasteiger partial charge in [0.05, 0.1) is 19.8 Å². The van der Waals surface area contributed by atoms with E-state index in [4.69, 9.17) is 25.1 Å².